The molecule has 0 spiro atoms. The number of alkyl halides is 2. The lowest BCUT2D eigenvalue weighted by Gasteiger charge is -2.24. The van der Waals surface area contributed by atoms with Crippen LogP contribution in [0.1, 0.15) is 20.3 Å². The molecule has 0 fully saturated rings. The van der Waals surface area contributed by atoms with E-state index in [1.165, 1.54) is 0 Å². The molecule has 0 saturated carbocycles. The van der Waals surface area contributed by atoms with E-state index in [0.29, 0.717) is 0 Å². The van der Waals surface area contributed by atoms with Crippen LogP contribution in [0.3, 0.4) is 0 Å². The molecule has 17 heavy (non-hydrogen) atoms. The van der Waals surface area contributed by atoms with E-state index in [1.807, 2.05) is 0 Å². The SMILES string of the molecule is CC(C)N(CC(=O)O)C(=O)CCOCC(F)F. The van der Waals surface area contributed by atoms with Gasteiger partial charge in [-0.05, 0) is 13.8 Å². The van der Waals surface area contributed by atoms with Gasteiger partial charge in [0, 0.05) is 6.04 Å². The molecule has 0 aliphatic carbocycles. The van der Waals surface area contributed by atoms with E-state index in [1.54, 1.807) is 13.8 Å². The molecular formula is C10H17F2NO4. The summed E-state index contributed by atoms with van der Waals surface area (Å²) in [6, 6.07) is -0.256. The normalized spacial score (nSPS) is 10.9. The zero-order valence-electron chi connectivity index (χ0n) is 9.86. The highest BCUT2D eigenvalue weighted by molar-refractivity contribution is 5.81. The summed E-state index contributed by atoms with van der Waals surface area (Å²) in [5.41, 5.74) is 0. The van der Waals surface area contributed by atoms with Gasteiger partial charge in [0.2, 0.25) is 5.91 Å². The van der Waals surface area contributed by atoms with Crippen LogP contribution in [0.25, 0.3) is 0 Å². The number of hydrogen-bond acceptors (Lipinski definition) is 3. The van der Waals surface area contributed by atoms with E-state index in [-0.39, 0.29) is 19.1 Å². The lowest BCUT2D eigenvalue weighted by molar-refractivity contribution is -0.146. The summed E-state index contributed by atoms with van der Waals surface area (Å²) in [6.07, 6.45) is -2.66. The Balaban J connectivity index is 4.02. The molecule has 0 saturated heterocycles. The Labute approximate surface area is 98.3 Å². The average Bonchev–Trinajstić information content (AvgIpc) is 2.19. The van der Waals surface area contributed by atoms with Gasteiger partial charge in [0.1, 0.15) is 13.2 Å². The van der Waals surface area contributed by atoms with E-state index in [9.17, 15) is 18.4 Å². The van der Waals surface area contributed by atoms with E-state index < -0.39 is 31.5 Å². The molecule has 5 nitrogen and oxygen atoms in total. The first-order chi connectivity index (χ1) is 7.84. The van der Waals surface area contributed by atoms with Crippen molar-refractivity contribution >= 4 is 11.9 Å². The molecule has 0 aromatic heterocycles. The van der Waals surface area contributed by atoms with Crippen LogP contribution in [0.2, 0.25) is 0 Å². The maximum Gasteiger partial charge on any atom is 0.323 e. The molecule has 1 amide bonds. The van der Waals surface area contributed by atoms with Gasteiger partial charge >= 0.3 is 5.97 Å². The van der Waals surface area contributed by atoms with Crippen molar-refractivity contribution in [3.05, 3.63) is 0 Å². The number of amides is 1. The molecule has 7 heteroatoms. The topological polar surface area (TPSA) is 66.8 Å². The monoisotopic (exact) mass is 253 g/mol. The van der Waals surface area contributed by atoms with Crippen LogP contribution in [-0.2, 0) is 14.3 Å². The predicted octanol–water partition coefficient (Wildman–Crippen LogP) is 0.980. The molecule has 0 radical (unpaired) electrons. The van der Waals surface area contributed by atoms with Crippen molar-refractivity contribution in [1.29, 1.82) is 0 Å². The van der Waals surface area contributed by atoms with Crippen LogP contribution >= 0.6 is 0 Å². The number of aliphatic carboxylic acids is 1. The summed E-state index contributed by atoms with van der Waals surface area (Å²) >= 11 is 0. The molecule has 0 aromatic rings. The fourth-order valence-electron chi connectivity index (χ4n) is 1.18. The molecule has 0 bridgehead atoms. The molecule has 0 aliphatic rings. The van der Waals surface area contributed by atoms with Crippen molar-refractivity contribution in [1.82, 2.24) is 4.90 Å². The van der Waals surface area contributed by atoms with E-state index in [2.05, 4.69) is 4.74 Å². The highest BCUT2D eigenvalue weighted by atomic mass is 19.3. The maximum atomic E-state index is 11.7. The number of hydrogen-bond donors (Lipinski definition) is 1. The Morgan fingerprint density at radius 2 is 1.94 bits per heavy atom. The van der Waals surface area contributed by atoms with Crippen molar-refractivity contribution in [3.8, 4) is 0 Å². The van der Waals surface area contributed by atoms with E-state index in [4.69, 9.17) is 5.11 Å². The Morgan fingerprint density at radius 1 is 1.35 bits per heavy atom. The summed E-state index contributed by atoms with van der Waals surface area (Å²) in [7, 11) is 0. The first kappa shape index (κ1) is 15.8. The van der Waals surface area contributed by atoms with Crippen LogP contribution in [0.4, 0.5) is 8.78 Å². The first-order valence-corrected chi connectivity index (χ1v) is 5.21. The zero-order chi connectivity index (χ0) is 13.4. The first-order valence-electron chi connectivity index (χ1n) is 5.21. The molecule has 0 aliphatic heterocycles. The molecule has 100 valence electrons. The third-order valence-electron chi connectivity index (χ3n) is 1.95. The van der Waals surface area contributed by atoms with Gasteiger partial charge in [0.25, 0.3) is 6.43 Å². The number of carboxylic acids is 1. The Morgan fingerprint density at radius 3 is 2.35 bits per heavy atom. The Kier molecular flexibility index (Phi) is 7.36. The highest BCUT2D eigenvalue weighted by Crippen LogP contribution is 2.02. The quantitative estimate of drug-likeness (QED) is 0.655. The summed E-state index contributed by atoms with van der Waals surface area (Å²) in [5.74, 6) is -1.53. The summed E-state index contributed by atoms with van der Waals surface area (Å²) in [4.78, 5) is 23.2. The van der Waals surface area contributed by atoms with E-state index in [0.717, 1.165) is 4.90 Å². The highest BCUT2D eigenvalue weighted by Gasteiger charge is 2.19. The fourth-order valence-corrected chi connectivity index (χ4v) is 1.18. The number of carboxylic acid groups (broad SMARTS) is 1. The Bertz CT molecular complexity index is 259. The lowest BCUT2D eigenvalue weighted by atomic mass is 10.2. The van der Waals surface area contributed by atoms with Gasteiger partial charge in [0.05, 0.1) is 13.0 Å². The largest absolute Gasteiger partial charge is 0.480 e. The van der Waals surface area contributed by atoms with Gasteiger partial charge < -0.3 is 14.7 Å². The number of rotatable bonds is 8. The van der Waals surface area contributed by atoms with Crippen LogP contribution in [-0.4, -0.2) is 54.1 Å². The smallest absolute Gasteiger partial charge is 0.323 e. The predicted molar refractivity (Wildman–Crippen MR) is 55.9 cm³/mol. The van der Waals surface area contributed by atoms with Crippen molar-refractivity contribution in [2.24, 2.45) is 0 Å². The Hall–Kier alpha value is -1.24. The molecule has 0 aromatic carbocycles. The standard InChI is InChI=1S/C10H17F2NO4/c1-7(2)13(5-10(15)16)9(14)3-4-17-6-8(11)12/h7-8H,3-6H2,1-2H3,(H,15,16). The molecule has 0 atom stereocenters. The van der Waals surface area contributed by atoms with Crippen LogP contribution in [0, 0.1) is 0 Å². The number of halogens is 2. The third kappa shape index (κ3) is 7.62. The van der Waals surface area contributed by atoms with Crippen LogP contribution in [0.5, 0.6) is 0 Å². The minimum atomic E-state index is -2.56. The van der Waals surface area contributed by atoms with Gasteiger partial charge in [-0.2, -0.15) is 0 Å². The van der Waals surface area contributed by atoms with Gasteiger partial charge in [-0.3, -0.25) is 9.59 Å². The van der Waals surface area contributed by atoms with Crippen molar-refractivity contribution in [3.63, 3.8) is 0 Å². The zero-order valence-corrected chi connectivity index (χ0v) is 9.86. The maximum absolute atomic E-state index is 11.7. The molecule has 0 rings (SSSR count). The molecule has 0 heterocycles. The van der Waals surface area contributed by atoms with Crippen molar-refractivity contribution < 1.29 is 28.2 Å². The van der Waals surface area contributed by atoms with Gasteiger partial charge in [-0.25, -0.2) is 8.78 Å². The number of carbonyl (C=O) groups excluding carboxylic acids is 1. The number of nitrogens with zero attached hydrogens (tertiary/aromatic N) is 1. The average molecular weight is 253 g/mol. The second-order valence-corrected chi connectivity index (χ2v) is 3.73. The molecule has 0 unspecified atom stereocenters. The number of carbonyl (C=O) groups is 2. The fraction of sp³-hybridized carbons (Fsp3) is 0.800. The second kappa shape index (κ2) is 7.94. The third-order valence-corrected chi connectivity index (χ3v) is 1.95. The summed E-state index contributed by atoms with van der Waals surface area (Å²) in [6.45, 7) is 2.12. The van der Waals surface area contributed by atoms with Crippen molar-refractivity contribution in [2.45, 2.75) is 32.7 Å². The van der Waals surface area contributed by atoms with Gasteiger partial charge in [0.15, 0.2) is 0 Å². The van der Waals surface area contributed by atoms with Gasteiger partial charge in [-0.15, -0.1) is 0 Å². The van der Waals surface area contributed by atoms with Gasteiger partial charge in [-0.1, -0.05) is 0 Å². The lowest BCUT2D eigenvalue weighted by Crippen LogP contribution is -2.41. The van der Waals surface area contributed by atoms with Crippen LogP contribution in [0.15, 0.2) is 0 Å². The molecular weight excluding hydrogens is 236 g/mol. The summed E-state index contributed by atoms with van der Waals surface area (Å²) < 4.78 is 28.0. The number of ether oxygens (including phenoxy) is 1. The van der Waals surface area contributed by atoms with Crippen LogP contribution < -0.4 is 0 Å². The van der Waals surface area contributed by atoms with Crippen molar-refractivity contribution in [2.75, 3.05) is 19.8 Å². The summed E-state index contributed by atoms with van der Waals surface area (Å²) in [5, 5.41) is 8.60. The minimum absolute atomic E-state index is 0.0990. The second-order valence-electron chi connectivity index (χ2n) is 3.73. The minimum Gasteiger partial charge on any atom is -0.480 e. The van der Waals surface area contributed by atoms with E-state index >= 15 is 0 Å². The molecule has 1 N–H and O–H groups in total.